The number of hydrogen-bond donors (Lipinski definition) is 1. The molecular weight excluding hydrogens is 360 g/mol. The fourth-order valence-electron chi connectivity index (χ4n) is 3.05. The second kappa shape index (κ2) is 9.40. The van der Waals surface area contributed by atoms with E-state index in [0.717, 1.165) is 49.2 Å². The van der Waals surface area contributed by atoms with Crippen molar-refractivity contribution in [3.63, 3.8) is 0 Å². The number of nitriles is 1. The molecule has 0 aromatic heterocycles. The van der Waals surface area contributed by atoms with E-state index in [2.05, 4.69) is 22.5 Å². The lowest BCUT2D eigenvalue weighted by atomic mass is 10.2. The number of benzene rings is 1. The highest BCUT2D eigenvalue weighted by Gasteiger charge is 2.29. The number of amidine groups is 1. The summed E-state index contributed by atoms with van der Waals surface area (Å²) in [6.07, 6.45) is 4.12. The first-order valence-electron chi connectivity index (χ1n) is 9.02. The zero-order valence-corrected chi connectivity index (χ0v) is 16.0. The number of nitrogens with one attached hydrogen (secondary N) is 1. The number of amides is 1. The number of piperazine rings is 1. The Kier molecular flexibility index (Phi) is 6.69. The van der Waals surface area contributed by atoms with Crippen LogP contribution in [0.4, 0.5) is 0 Å². The average molecular weight is 383 g/mol. The van der Waals surface area contributed by atoms with Crippen molar-refractivity contribution in [3.8, 4) is 11.8 Å². The molecule has 2 heterocycles. The molecule has 1 aromatic carbocycles. The van der Waals surface area contributed by atoms with Crippen molar-refractivity contribution in [3.05, 3.63) is 47.4 Å². The number of thioether (sulfide) groups is 1. The van der Waals surface area contributed by atoms with Crippen LogP contribution in [0, 0.1) is 11.3 Å². The van der Waals surface area contributed by atoms with E-state index in [0.29, 0.717) is 17.9 Å². The molecule has 2 aliphatic heterocycles. The largest absolute Gasteiger partial charge is 0.489 e. The second-order valence-electron chi connectivity index (χ2n) is 6.34. The van der Waals surface area contributed by atoms with Gasteiger partial charge in [0.15, 0.2) is 5.17 Å². The van der Waals surface area contributed by atoms with Crippen molar-refractivity contribution in [1.82, 2.24) is 4.90 Å². The Morgan fingerprint density at radius 3 is 2.89 bits per heavy atom. The first-order chi connectivity index (χ1) is 13.2. The van der Waals surface area contributed by atoms with Gasteiger partial charge in [-0.25, -0.2) is 0 Å². The Hall–Kier alpha value is -2.56. The smallest absolute Gasteiger partial charge is 0.286 e. The number of hydrogen-bond acceptors (Lipinski definition) is 5. The minimum atomic E-state index is -0.201. The fraction of sp³-hybridized carbons (Fsp3) is 0.350. The lowest BCUT2D eigenvalue weighted by Crippen LogP contribution is -3.14. The monoisotopic (exact) mass is 383 g/mol. The predicted molar refractivity (Wildman–Crippen MR) is 108 cm³/mol. The highest BCUT2D eigenvalue weighted by atomic mass is 32.2. The maximum absolute atomic E-state index is 12.4. The normalized spacial score (nSPS) is 19.1. The Balaban J connectivity index is 1.64. The molecule has 27 heavy (non-hydrogen) atoms. The molecular formula is C20H23N4O2S+. The molecule has 140 valence electrons. The molecule has 1 N–H and O–H groups in total. The molecule has 0 radical (unpaired) electrons. The lowest BCUT2D eigenvalue weighted by molar-refractivity contribution is -0.903. The topological polar surface area (TPSA) is 70.1 Å². The quantitative estimate of drug-likeness (QED) is 0.593. The predicted octanol–water partition coefficient (Wildman–Crippen LogP) is 1.34. The van der Waals surface area contributed by atoms with Gasteiger partial charge in [0, 0.05) is 5.56 Å². The van der Waals surface area contributed by atoms with E-state index < -0.39 is 0 Å². The minimum Gasteiger partial charge on any atom is -0.489 e. The summed E-state index contributed by atoms with van der Waals surface area (Å²) in [4.78, 5) is 20.8. The van der Waals surface area contributed by atoms with Gasteiger partial charge in [-0.1, -0.05) is 30.9 Å². The number of rotatable bonds is 6. The molecule has 0 bridgehead atoms. The van der Waals surface area contributed by atoms with Gasteiger partial charge in [-0.05, 0) is 23.9 Å². The highest BCUT2D eigenvalue weighted by Crippen LogP contribution is 2.32. The van der Waals surface area contributed by atoms with Crippen LogP contribution < -0.4 is 9.64 Å². The molecule has 7 heteroatoms. The number of para-hydroxylation sites is 1. The summed E-state index contributed by atoms with van der Waals surface area (Å²) in [5.74, 6) is 0.522. The number of ether oxygens (including phenoxy) is 1. The van der Waals surface area contributed by atoms with Crippen LogP contribution >= 0.6 is 11.8 Å². The summed E-state index contributed by atoms with van der Waals surface area (Å²) in [7, 11) is 0. The number of carbonyl (C=O) groups is 1. The summed E-state index contributed by atoms with van der Waals surface area (Å²) >= 11 is 1.42. The van der Waals surface area contributed by atoms with E-state index in [9.17, 15) is 4.79 Å². The van der Waals surface area contributed by atoms with Gasteiger partial charge >= 0.3 is 0 Å². The molecule has 1 saturated heterocycles. The van der Waals surface area contributed by atoms with E-state index in [1.165, 1.54) is 16.7 Å². The molecule has 0 spiro atoms. The van der Waals surface area contributed by atoms with Gasteiger partial charge < -0.3 is 14.5 Å². The van der Waals surface area contributed by atoms with Crippen LogP contribution in [0.3, 0.4) is 0 Å². The van der Waals surface area contributed by atoms with Gasteiger partial charge in [-0.15, -0.1) is 0 Å². The number of nitrogens with zero attached hydrogens (tertiary/aromatic N) is 3. The molecule has 1 fully saturated rings. The molecule has 1 aromatic rings. The summed E-state index contributed by atoms with van der Waals surface area (Å²) < 4.78 is 5.66. The number of aliphatic imine (C=N–C) groups is 1. The highest BCUT2D eigenvalue weighted by molar-refractivity contribution is 8.18. The van der Waals surface area contributed by atoms with Crippen LogP contribution in [-0.2, 0) is 4.79 Å². The van der Waals surface area contributed by atoms with Crippen LogP contribution in [0.5, 0.6) is 5.75 Å². The third-order valence-electron chi connectivity index (χ3n) is 4.50. The Morgan fingerprint density at radius 2 is 2.15 bits per heavy atom. The number of quaternary nitrogens is 1. The van der Waals surface area contributed by atoms with Crippen molar-refractivity contribution in [2.75, 3.05) is 39.3 Å². The maximum atomic E-state index is 12.4. The van der Waals surface area contributed by atoms with Crippen LogP contribution in [0.15, 0.2) is 46.8 Å². The first kappa shape index (κ1) is 19.2. The van der Waals surface area contributed by atoms with Crippen LogP contribution in [0.1, 0.15) is 12.0 Å². The van der Waals surface area contributed by atoms with Gasteiger partial charge in [0.2, 0.25) is 0 Å². The van der Waals surface area contributed by atoms with E-state index >= 15 is 0 Å². The third kappa shape index (κ3) is 5.00. The minimum absolute atomic E-state index is 0.201. The van der Waals surface area contributed by atoms with Crippen molar-refractivity contribution < 1.29 is 14.4 Å². The standard InChI is InChI=1S/C20H22N4O2S/c1-2-14-26-17-7-4-3-6-16(17)15-18-19(25)22-20(27-18)24-12-10-23(11-13-24)9-5-8-21/h2-4,6-7,15H,1,5,9-14H2/p+1/b18-15+. The SMILES string of the molecule is C=CCOc1ccccc1/C=C1/SC(N2CC[NH+](CCC#N)CC2)=NC1=O. The molecule has 3 rings (SSSR count). The van der Waals surface area contributed by atoms with Crippen LogP contribution in [0.2, 0.25) is 0 Å². The van der Waals surface area contributed by atoms with E-state index in [4.69, 9.17) is 10.00 Å². The number of carbonyl (C=O) groups excluding carboxylic acids is 1. The average Bonchev–Trinajstić information content (AvgIpc) is 3.06. The summed E-state index contributed by atoms with van der Waals surface area (Å²) in [6, 6.07) is 9.83. The molecule has 0 unspecified atom stereocenters. The summed E-state index contributed by atoms with van der Waals surface area (Å²) in [6.45, 7) is 8.60. The molecule has 2 aliphatic rings. The van der Waals surface area contributed by atoms with Crippen molar-refractivity contribution in [1.29, 1.82) is 5.26 Å². The molecule has 0 atom stereocenters. The van der Waals surface area contributed by atoms with Crippen LogP contribution in [0.25, 0.3) is 6.08 Å². The Labute approximate surface area is 163 Å². The van der Waals surface area contributed by atoms with Crippen molar-refractivity contribution in [2.45, 2.75) is 6.42 Å². The van der Waals surface area contributed by atoms with Crippen LogP contribution in [-0.4, -0.2) is 55.3 Å². The van der Waals surface area contributed by atoms with Gasteiger partial charge in [0.1, 0.15) is 12.4 Å². The summed E-state index contributed by atoms with van der Waals surface area (Å²) in [5.41, 5.74) is 0.859. The molecule has 0 saturated carbocycles. The van der Waals surface area contributed by atoms with Gasteiger partial charge in [0.05, 0.1) is 50.1 Å². The van der Waals surface area contributed by atoms with Gasteiger partial charge in [0.25, 0.3) is 5.91 Å². The van der Waals surface area contributed by atoms with Gasteiger partial charge in [-0.2, -0.15) is 10.3 Å². The third-order valence-corrected chi connectivity index (χ3v) is 5.55. The zero-order valence-electron chi connectivity index (χ0n) is 15.2. The van der Waals surface area contributed by atoms with Crippen molar-refractivity contribution in [2.24, 2.45) is 4.99 Å². The first-order valence-corrected chi connectivity index (χ1v) is 9.83. The van der Waals surface area contributed by atoms with E-state index in [1.54, 1.807) is 6.08 Å². The molecule has 1 amide bonds. The molecule has 0 aliphatic carbocycles. The van der Waals surface area contributed by atoms with E-state index in [1.807, 2.05) is 30.3 Å². The Morgan fingerprint density at radius 1 is 1.37 bits per heavy atom. The summed E-state index contributed by atoms with van der Waals surface area (Å²) in [5, 5.41) is 9.49. The van der Waals surface area contributed by atoms with Gasteiger partial charge in [-0.3, -0.25) is 4.79 Å². The Bertz CT molecular complexity index is 804. The van der Waals surface area contributed by atoms with E-state index in [-0.39, 0.29) is 5.91 Å². The lowest BCUT2D eigenvalue weighted by Gasteiger charge is -2.32. The molecule has 6 nitrogen and oxygen atoms in total. The van der Waals surface area contributed by atoms with Crippen molar-refractivity contribution >= 4 is 28.9 Å². The fourth-order valence-corrected chi connectivity index (χ4v) is 4.01. The maximum Gasteiger partial charge on any atom is 0.286 e. The zero-order chi connectivity index (χ0) is 19.1. The second-order valence-corrected chi connectivity index (χ2v) is 7.35.